The van der Waals surface area contributed by atoms with Gasteiger partial charge in [0.25, 0.3) is 5.56 Å². The second kappa shape index (κ2) is 9.92. The van der Waals surface area contributed by atoms with Gasteiger partial charge in [0, 0.05) is 30.3 Å². The second-order valence-corrected chi connectivity index (χ2v) is 9.41. The molecule has 3 aromatic heterocycles. The van der Waals surface area contributed by atoms with Crippen molar-refractivity contribution in [3.8, 4) is 28.5 Å². The van der Waals surface area contributed by atoms with E-state index in [1.165, 1.54) is 18.0 Å². The summed E-state index contributed by atoms with van der Waals surface area (Å²) < 4.78 is 46.6. The normalized spacial score (nSPS) is 13.7. The quantitative estimate of drug-likeness (QED) is 0.326. The van der Waals surface area contributed by atoms with Gasteiger partial charge in [0.1, 0.15) is 23.5 Å². The average molecular weight is 526 g/mol. The van der Waals surface area contributed by atoms with E-state index in [0.29, 0.717) is 40.9 Å². The molecule has 9 nitrogen and oxygen atoms in total. The molecule has 1 aliphatic carbocycles. The molecule has 0 radical (unpaired) electrons. The predicted molar refractivity (Wildman–Crippen MR) is 135 cm³/mol. The predicted octanol–water partition coefficient (Wildman–Crippen LogP) is 5.19. The fraction of sp³-hybridized carbons (Fsp3) is 0.346. The Morgan fingerprint density at radius 2 is 1.92 bits per heavy atom. The number of alkyl halides is 3. The molecule has 0 amide bonds. The van der Waals surface area contributed by atoms with Crippen molar-refractivity contribution in [1.29, 1.82) is 0 Å². The van der Waals surface area contributed by atoms with E-state index in [2.05, 4.69) is 30.5 Å². The maximum Gasteiger partial charge on any atom is 0.434 e. The lowest BCUT2D eigenvalue weighted by atomic mass is 10.1. The smallest absolute Gasteiger partial charge is 0.434 e. The summed E-state index contributed by atoms with van der Waals surface area (Å²) in [7, 11) is 1.52. The molecular formula is C26H26F3N7O2. The lowest BCUT2D eigenvalue weighted by molar-refractivity contribution is -0.140. The van der Waals surface area contributed by atoms with Gasteiger partial charge in [-0.1, -0.05) is 24.3 Å². The minimum Gasteiger partial charge on any atom is -0.480 e. The second-order valence-electron chi connectivity index (χ2n) is 9.41. The lowest BCUT2D eigenvalue weighted by Gasteiger charge is -2.13. The highest BCUT2D eigenvalue weighted by atomic mass is 19.4. The Balaban J connectivity index is 1.37. The van der Waals surface area contributed by atoms with Crippen LogP contribution in [-0.4, -0.2) is 36.8 Å². The molecule has 2 N–H and O–H groups in total. The SMILES string of the molecule is COc1ncnc(C2CC2)c1-c1cc(NCc2ccc(-c3nc(C(F)(F)F)cn3C(C)C)cc2)c(=O)[nH]n1. The summed E-state index contributed by atoms with van der Waals surface area (Å²) >= 11 is 0. The minimum atomic E-state index is -4.52. The zero-order chi connectivity index (χ0) is 27.0. The number of hydrogen-bond acceptors (Lipinski definition) is 7. The molecule has 198 valence electrons. The number of methoxy groups -OCH3 is 1. The molecule has 1 aliphatic rings. The first-order valence-electron chi connectivity index (χ1n) is 12.1. The third-order valence-electron chi connectivity index (χ3n) is 6.33. The maximum atomic E-state index is 13.2. The summed E-state index contributed by atoms with van der Waals surface area (Å²) in [6, 6.07) is 8.44. The van der Waals surface area contributed by atoms with Crippen LogP contribution < -0.4 is 15.6 Å². The van der Waals surface area contributed by atoms with Crippen LogP contribution in [0.3, 0.4) is 0 Å². The third kappa shape index (κ3) is 5.11. The molecule has 0 atom stereocenters. The van der Waals surface area contributed by atoms with Crippen LogP contribution in [0, 0.1) is 0 Å². The van der Waals surface area contributed by atoms with Gasteiger partial charge >= 0.3 is 6.18 Å². The number of aromatic nitrogens is 6. The Bertz CT molecular complexity index is 1510. The number of nitrogens with one attached hydrogen (secondary N) is 2. The van der Waals surface area contributed by atoms with Crippen molar-refractivity contribution in [2.24, 2.45) is 0 Å². The number of hydrogen-bond donors (Lipinski definition) is 2. The Morgan fingerprint density at radius 1 is 1.18 bits per heavy atom. The summed E-state index contributed by atoms with van der Waals surface area (Å²) in [6.07, 6.45) is 0.00973. The summed E-state index contributed by atoms with van der Waals surface area (Å²) in [4.78, 5) is 24.9. The van der Waals surface area contributed by atoms with Crippen LogP contribution in [0.2, 0.25) is 0 Å². The van der Waals surface area contributed by atoms with Crippen molar-refractivity contribution in [3.63, 3.8) is 0 Å². The van der Waals surface area contributed by atoms with Gasteiger partial charge < -0.3 is 14.6 Å². The number of rotatable bonds is 8. The Kier molecular flexibility index (Phi) is 6.64. The Labute approximate surface area is 216 Å². The zero-order valence-corrected chi connectivity index (χ0v) is 21.0. The van der Waals surface area contributed by atoms with Crippen LogP contribution >= 0.6 is 0 Å². The van der Waals surface area contributed by atoms with E-state index in [-0.39, 0.29) is 11.9 Å². The van der Waals surface area contributed by atoms with E-state index < -0.39 is 17.4 Å². The van der Waals surface area contributed by atoms with Gasteiger partial charge in [-0.05, 0) is 38.3 Å². The van der Waals surface area contributed by atoms with Crippen molar-refractivity contribution < 1.29 is 17.9 Å². The van der Waals surface area contributed by atoms with Crippen LogP contribution in [0.25, 0.3) is 22.6 Å². The standard InChI is InChI=1S/C26H26F3N7O2/c1-14(2)36-12-20(26(27,28)29)33-23(36)17-6-4-15(5-7-17)11-30-19-10-18(34-35-24(19)37)21-22(16-8-9-16)31-13-32-25(21)38-3/h4-7,10,12-14,16H,8-9,11H2,1-3H3,(H,30,34)(H,35,37). The highest BCUT2D eigenvalue weighted by Gasteiger charge is 2.35. The summed E-state index contributed by atoms with van der Waals surface area (Å²) in [5.41, 5.74) is 2.35. The first-order valence-corrected chi connectivity index (χ1v) is 12.1. The molecule has 0 aliphatic heterocycles. The fourth-order valence-electron chi connectivity index (χ4n) is 4.22. The van der Waals surface area contributed by atoms with Gasteiger partial charge in [-0.3, -0.25) is 4.79 Å². The number of ether oxygens (including phenoxy) is 1. The number of nitrogens with zero attached hydrogens (tertiary/aromatic N) is 5. The minimum absolute atomic E-state index is 0.198. The molecule has 5 rings (SSSR count). The number of aromatic amines is 1. The topological polar surface area (TPSA) is 111 Å². The molecule has 4 aromatic rings. The van der Waals surface area contributed by atoms with E-state index in [1.807, 2.05) is 0 Å². The van der Waals surface area contributed by atoms with Crippen LogP contribution in [-0.2, 0) is 12.7 Å². The van der Waals surface area contributed by atoms with Crippen molar-refractivity contribution >= 4 is 5.69 Å². The molecule has 1 saturated carbocycles. The summed E-state index contributed by atoms with van der Waals surface area (Å²) in [6.45, 7) is 3.90. The van der Waals surface area contributed by atoms with Gasteiger partial charge in [-0.15, -0.1) is 0 Å². The van der Waals surface area contributed by atoms with Gasteiger partial charge in [0.05, 0.1) is 18.4 Å². The van der Waals surface area contributed by atoms with E-state index in [0.717, 1.165) is 30.3 Å². The van der Waals surface area contributed by atoms with E-state index in [4.69, 9.17) is 4.74 Å². The van der Waals surface area contributed by atoms with Crippen LogP contribution in [0.15, 0.2) is 47.7 Å². The molecule has 0 unspecified atom stereocenters. The first-order chi connectivity index (χ1) is 18.2. The molecule has 0 bridgehead atoms. The first kappa shape index (κ1) is 25.4. The van der Waals surface area contributed by atoms with Crippen molar-refractivity contribution in [3.05, 3.63) is 70.2 Å². The van der Waals surface area contributed by atoms with Crippen LogP contribution in [0.1, 0.15) is 55.6 Å². The summed E-state index contributed by atoms with van der Waals surface area (Å²) in [5, 5.41) is 9.84. The van der Waals surface area contributed by atoms with Crippen LogP contribution in [0.4, 0.5) is 18.9 Å². The zero-order valence-electron chi connectivity index (χ0n) is 21.0. The molecule has 1 aromatic carbocycles. The molecule has 0 spiro atoms. The van der Waals surface area contributed by atoms with Gasteiger partial charge in [-0.2, -0.15) is 18.3 Å². The number of benzene rings is 1. The van der Waals surface area contributed by atoms with Gasteiger partial charge in [0.2, 0.25) is 5.88 Å². The summed E-state index contributed by atoms with van der Waals surface area (Å²) in [5.74, 6) is 0.938. The Hall–Kier alpha value is -4.22. The molecular weight excluding hydrogens is 499 g/mol. The molecule has 12 heteroatoms. The van der Waals surface area contributed by atoms with E-state index in [9.17, 15) is 18.0 Å². The molecule has 1 fully saturated rings. The lowest BCUT2D eigenvalue weighted by Crippen LogP contribution is -2.16. The number of imidazole rings is 1. The number of halogens is 3. The van der Waals surface area contributed by atoms with Gasteiger partial charge in [-0.25, -0.2) is 20.1 Å². The fourth-order valence-corrected chi connectivity index (χ4v) is 4.22. The van der Waals surface area contributed by atoms with Crippen molar-refractivity contribution in [2.75, 3.05) is 12.4 Å². The highest BCUT2D eigenvalue weighted by molar-refractivity contribution is 5.71. The van der Waals surface area contributed by atoms with E-state index >= 15 is 0 Å². The monoisotopic (exact) mass is 525 g/mol. The maximum absolute atomic E-state index is 13.2. The van der Waals surface area contributed by atoms with Gasteiger partial charge in [0.15, 0.2) is 5.69 Å². The number of H-pyrrole nitrogens is 1. The average Bonchev–Trinajstić information content (AvgIpc) is 3.64. The molecule has 38 heavy (non-hydrogen) atoms. The van der Waals surface area contributed by atoms with Crippen LogP contribution in [0.5, 0.6) is 5.88 Å². The van der Waals surface area contributed by atoms with E-state index in [1.54, 1.807) is 44.2 Å². The largest absolute Gasteiger partial charge is 0.480 e. The van der Waals surface area contributed by atoms with Crippen molar-refractivity contribution in [2.45, 2.75) is 51.4 Å². The molecule has 0 saturated heterocycles. The number of anilines is 1. The highest BCUT2D eigenvalue weighted by Crippen LogP contribution is 2.45. The Morgan fingerprint density at radius 3 is 2.55 bits per heavy atom. The van der Waals surface area contributed by atoms with Crippen molar-refractivity contribution in [1.82, 2.24) is 29.7 Å². The molecule has 3 heterocycles. The third-order valence-corrected chi connectivity index (χ3v) is 6.33.